The van der Waals surface area contributed by atoms with Crippen LogP contribution in [0.1, 0.15) is 17.3 Å². The van der Waals surface area contributed by atoms with Gasteiger partial charge in [-0.25, -0.2) is 4.98 Å². The SMILES string of the molecule is Cc1ncc(C2COC2)nc1N. The first-order valence-electron chi connectivity index (χ1n) is 3.94. The second-order valence-corrected chi connectivity index (χ2v) is 3.00. The minimum Gasteiger partial charge on any atom is -0.382 e. The third kappa shape index (κ3) is 1.14. The van der Waals surface area contributed by atoms with Gasteiger partial charge in [-0.15, -0.1) is 0 Å². The van der Waals surface area contributed by atoms with Gasteiger partial charge in [0, 0.05) is 12.1 Å². The molecule has 0 aliphatic carbocycles. The third-order valence-corrected chi connectivity index (χ3v) is 2.07. The Bertz CT molecular complexity index is 296. The molecule has 1 saturated heterocycles. The van der Waals surface area contributed by atoms with E-state index < -0.39 is 0 Å². The summed E-state index contributed by atoms with van der Waals surface area (Å²) in [6.45, 7) is 3.34. The van der Waals surface area contributed by atoms with E-state index in [1.54, 1.807) is 6.20 Å². The average Bonchev–Trinajstić information content (AvgIpc) is 1.93. The second-order valence-electron chi connectivity index (χ2n) is 3.00. The zero-order valence-electron chi connectivity index (χ0n) is 6.95. The molecular formula is C8H11N3O. The lowest BCUT2D eigenvalue weighted by Crippen LogP contribution is -2.26. The maximum absolute atomic E-state index is 5.62. The van der Waals surface area contributed by atoms with Crippen molar-refractivity contribution in [2.24, 2.45) is 0 Å². The molecule has 12 heavy (non-hydrogen) atoms. The summed E-state index contributed by atoms with van der Waals surface area (Å²) in [6, 6.07) is 0. The number of hydrogen-bond donors (Lipinski definition) is 1. The molecule has 1 aliphatic heterocycles. The molecule has 0 unspecified atom stereocenters. The summed E-state index contributed by atoms with van der Waals surface area (Å²) in [5.74, 6) is 0.930. The van der Waals surface area contributed by atoms with Crippen molar-refractivity contribution < 1.29 is 4.74 Å². The predicted octanol–water partition coefficient (Wildman–Crippen LogP) is 0.481. The number of hydrogen-bond acceptors (Lipinski definition) is 4. The summed E-state index contributed by atoms with van der Waals surface area (Å²) in [5.41, 5.74) is 7.36. The average molecular weight is 165 g/mol. The Morgan fingerprint density at radius 3 is 2.83 bits per heavy atom. The largest absolute Gasteiger partial charge is 0.382 e. The Hall–Kier alpha value is -1.16. The molecule has 1 aliphatic rings. The van der Waals surface area contributed by atoms with E-state index in [9.17, 15) is 0 Å². The van der Waals surface area contributed by atoms with Gasteiger partial charge in [0.05, 0.1) is 24.6 Å². The number of anilines is 1. The van der Waals surface area contributed by atoms with Gasteiger partial charge in [0.15, 0.2) is 0 Å². The van der Waals surface area contributed by atoms with Crippen molar-refractivity contribution in [1.82, 2.24) is 9.97 Å². The first-order valence-corrected chi connectivity index (χ1v) is 3.94. The molecule has 1 fully saturated rings. The smallest absolute Gasteiger partial charge is 0.145 e. The first-order chi connectivity index (χ1) is 5.77. The monoisotopic (exact) mass is 165 g/mol. The van der Waals surface area contributed by atoms with Gasteiger partial charge in [-0.3, -0.25) is 4.98 Å². The lowest BCUT2D eigenvalue weighted by Gasteiger charge is -2.25. The van der Waals surface area contributed by atoms with Crippen molar-refractivity contribution in [3.63, 3.8) is 0 Å². The molecule has 0 spiro atoms. The molecule has 2 N–H and O–H groups in total. The van der Waals surface area contributed by atoms with Crippen LogP contribution in [-0.4, -0.2) is 23.2 Å². The molecule has 0 saturated carbocycles. The summed E-state index contributed by atoms with van der Waals surface area (Å²) in [4.78, 5) is 8.37. The van der Waals surface area contributed by atoms with Gasteiger partial charge in [-0.2, -0.15) is 0 Å². The number of nitrogens with zero attached hydrogens (tertiary/aromatic N) is 2. The number of nitrogens with two attached hydrogens (primary N) is 1. The molecule has 0 bridgehead atoms. The molecule has 2 rings (SSSR count). The van der Waals surface area contributed by atoms with Crippen LogP contribution in [0.25, 0.3) is 0 Å². The van der Waals surface area contributed by atoms with E-state index in [4.69, 9.17) is 10.5 Å². The Morgan fingerprint density at radius 2 is 2.33 bits per heavy atom. The molecule has 0 atom stereocenters. The van der Waals surface area contributed by atoms with Crippen molar-refractivity contribution in [3.8, 4) is 0 Å². The van der Waals surface area contributed by atoms with Crippen molar-refractivity contribution in [2.75, 3.05) is 18.9 Å². The van der Waals surface area contributed by atoms with Gasteiger partial charge >= 0.3 is 0 Å². The molecule has 64 valence electrons. The summed E-state index contributed by atoms with van der Waals surface area (Å²) in [6.07, 6.45) is 1.78. The highest BCUT2D eigenvalue weighted by Crippen LogP contribution is 2.22. The molecular weight excluding hydrogens is 154 g/mol. The van der Waals surface area contributed by atoms with Crippen molar-refractivity contribution in [1.29, 1.82) is 0 Å². The second kappa shape index (κ2) is 2.71. The third-order valence-electron chi connectivity index (χ3n) is 2.07. The minimum atomic E-state index is 0.403. The minimum absolute atomic E-state index is 0.403. The summed E-state index contributed by atoms with van der Waals surface area (Å²) >= 11 is 0. The van der Waals surface area contributed by atoms with Crippen LogP contribution in [-0.2, 0) is 4.74 Å². The van der Waals surface area contributed by atoms with Crippen LogP contribution in [0.15, 0.2) is 6.20 Å². The highest BCUT2D eigenvalue weighted by Gasteiger charge is 2.22. The Labute approximate surface area is 70.8 Å². The molecule has 1 aromatic heterocycles. The van der Waals surface area contributed by atoms with Gasteiger partial charge < -0.3 is 10.5 Å². The van der Waals surface area contributed by atoms with E-state index >= 15 is 0 Å². The van der Waals surface area contributed by atoms with E-state index in [2.05, 4.69) is 9.97 Å². The molecule has 2 heterocycles. The van der Waals surface area contributed by atoms with E-state index in [0.29, 0.717) is 11.7 Å². The lowest BCUT2D eigenvalue weighted by molar-refractivity contribution is 0.00661. The van der Waals surface area contributed by atoms with Crippen molar-refractivity contribution in [3.05, 3.63) is 17.6 Å². The fraction of sp³-hybridized carbons (Fsp3) is 0.500. The Morgan fingerprint density at radius 1 is 1.58 bits per heavy atom. The van der Waals surface area contributed by atoms with Crippen LogP contribution in [0, 0.1) is 6.92 Å². The molecule has 0 aromatic carbocycles. The van der Waals surface area contributed by atoms with Crippen LogP contribution in [0.2, 0.25) is 0 Å². The van der Waals surface area contributed by atoms with E-state index in [-0.39, 0.29) is 0 Å². The highest BCUT2D eigenvalue weighted by atomic mass is 16.5. The van der Waals surface area contributed by atoms with Gasteiger partial charge in [-0.05, 0) is 6.92 Å². The number of aromatic nitrogens is 2. The van der Waals surface area contributed by atoms with Crippen LogP contribution >= 0.6 is 0 Å². The van der Waals surface area contributed by atoms with Crippen molar-refractivity contribution in [2.45, 2.75) is 12.8 Å². The molecule has 1 aromatic rings. The molecule has 0 radical (unpaired) electrons. The van der Waals surface area contributed by atoms with Crippen LogP contribution in [0.3, 0.4) is 0 Å². The Balaban J connectivity index is 2.27. The Kier molecular flexibility index (Phi) is 1.69. The fourth-order valence-electron chi connectivity index (χ4n) is 1.08. The number of nitrogen functional groups attached to an aromatic ring is 1. The zero-order chi connectivity index (χ0) is 8.55. The number of ether oxygens (including phenoxy) is 1. The predicted molar refractivity (Wildman–Crippen MR) is 44.7 cm³/mol. The van der Waals surface area contributed by atoms with Gasteiger partial charge in [0.2, 0.25) is 0 Å². The van der Waals surface area contributed by atoms with E-state index in [1.165, 1.54) is 0 Å². The number of rotatable bonds is 1. The molecule has 4 heteroatoms. The zero-order valence-corrected chi connectivity index (χ0v) is 6.95. The topological polar surface area (TPSA) is 61.0 Å². The highest BCUT2D eigenvalue weighted by molar-refractivity contribution is 5.34. The lowest BCUT2D eigenvalue weighted by atomic mass is 10.1. The van der Waals surface area contributed by atoms with Gasteiger partial charge in [0.1, 0.15) is 5.82 Å². The summed E-state index contributed by atoms with van der Waals surface area (Å²) < 4.78 is 5.05. The standard InChI is InChI=1S/C8H11N3O/c1-5-8(9)11-7(2-10-5)6-3-12-4-6/h2,6H,3-4H2,1H3,(H2,9,11). The van der Waals surface area contributed by atoms with Gasteiger partial charge in [0.25, 0.3) is 0 Å². The van der Waals surface area contributed by atoms with Crippen LogP contribution in [0.5, 0.6) is 0 Å². The summed E-state index contributed by atoms with van der Waals surface area (Å²) in [7, 11) is 0. The van der Waals surface area contributed by atoms with E-state index in [0.717, 1.165) is 24.6 Å². The normalized spacial score (nSPS) is 17.4. The summed E-state index contributed by atoms with van der Waals surface area (Å²) in [5, 5.41) is 0. The van der Waals surface area contributed by atoms with Crippen LogP contribution < -0.4 is 5.73 Å². The quantitative estimate of drug-likeness (QED) is 0.657. The maximum atomic E-state index is 5.62. The first kappa shape index (κ1) is 7.49. The maximum Gasteiger partial charge on any atom is 0.145 e. The molecule has 0 amide bonds. The van der Waals surface area contributed by atoms with E-state index in [1.807, 2.05) is 6.92 Å². The van der Waals surface area contributed by atoms with Crippen molar-refractivity contribution >= 4 is 5.82 Å². The fourth-order valence-corrected chi connectivity index (χ4v) is 1.08. The van der Waals surface area contributed by atoms with Crippen LogP contribution in [0.4, 0.5) is 5.82 Å². The van der Waals surface area contributed by atoms with Gasteiger partial charge in [-0.1, -0.05) is 0 Å². The molecule has 4 nitrogen and oxygen atoms in total. The number of aryl methyl sites for hydroxylation is 1.